The topological polar surface area (TPSA) is 54.3 Å². The third-order valence-electron chi connectivity index (χ3n) is 3.44. The van der Waals surface area contributed by atoms with Crippen LogP contribution in [0.15, 0.2) is 64.1 Å². The third-order valence-corrected chi connectivity index (χ3v) is 4.49. The average molecular weight is 326 g/mol. The Labute approximate surface area is 139 Å². The van der Waals surface area contributed by atoms with Gasteiger partial charge in [0.1, 0.15) is 5.76 Å². The molecule has 0 unspecified atom stereocenters. The molecular formula is C18H18N2O2S. The number of carbonyl (C=O) groups excluding carboxylic acids is 1. The molecule has 1 atom stereocenters. The highest BCUT2D eigenvalue weighted by molar-refractivity contribution is 8.05. The number of hydrogen-bond acceptors (Lipinski definition) is 4. The molecule has 2 aromatic rings. The molecule has 0 spiro atoms. The van der Waals surface area contributed by atoms with Gasteiger partial charge in [-0.2, -0.15) is 0 Å². The van der Waals surface area contributed by atoms with Gasteiger partial charge in [-0.15, -0.1) is 0 Å². The number of carbonyl (C=O) groups is 1. The SMILES string of the molecule is CCc1ccc(N[C@H]2NC(=O)/C(=C/C=C/c3ccco3)S2)cc1. The van der Waals surface area contributed by atoms with Gasteiger partial charge in [0.2, 0.25) is 0 Å². The summed E-state index contributed by atoms with van der Waals surface area (Å²) in [6.07, 6.45) is 8.08. The second-order valence-corrected chi connectivity index (χ2v) is 6.22. The van der Waals surface area contributed by atoms with E-state index in [4.69, 9.17) is 4.42 Å². The monoisotopic (exact) mass is 326 g/mol. The fraction of sp³-hybridized carbons (Fsp3) is 0.167. The molecule has 5 heteroatoms. The minimum atomic E-state index is -0.154. The van der Waals surface area contributed by atoms with Crippen LogP contribution in [-0.4, -0.2) is 11.4 Å². The van der Waals surface area contributed by atoms with Crippen molar-refractivity contribution >= 4 is 29.4 Å². The summed E-state index contributed by atoms with van der Waals surface area (Å²) in [5.74, 6) is 0.692. The van der Waals surface area contributed by atoms with Gasteiger partial charge in [0.15, 0.2) is 5.50 Å². The van der Waals surface area contributed by atoms with Gasteiger partial charge < -0.3 is 15.1 Å². The summed E-state index contributed by atoms with van der Waals surface area (Å²) in [7, 11) is 0. The Bertz CT molecular complexity index is 718. The molecule has 118 valence electrons. The van der Waals surface area contributed by atoms with Crippen molar-refractivity contribution in [2.75, 3.05) is 5.32 Å². The first kappa shape index (κ1) is 15.5. The quantitative estimate of drug-likeness (QED) is 0.816. The number of furan rings is 1. The van der Waals surface area contributed by atoms with E-state index in [1.54, 1.807) is 12.3 Å². The van der Waals surface area contributed by atoms with Gasteiger partial charge in [-0.3, -0.25) is 4.79 Å². The number of allylic oxidation sites excluding steroid dienone is 2. The maximum atomic E-state index is 12.0. The van der Waals surface area contributed by atoms with E-state index in [9.17, 15) is 4.79 Å². The summed E-state index contributed by atoms with van der Waals surface area (Å²) in [4.78, 5) is 12.6. The van der Waals surface area contributed by atoms with Crippen LogP contribution < -0.4 is 10.6 Å². The Balaban J connectivity index is 1.60. The zero-order valence-corrected chi connectivity index (χ0v) is 13.6. The van der Waals surface area contributed by atoms with Crippen LogP contribution in [0, 0.1) is 0 Å². The van der Waals surface area contributed by atoms with Crippen LogP contribution in [0.25, 0.3) is 6.08 Å². The molecule has 2 heterocycles. The van der Waals surface area contributed by atoms with Gasteiger partial charge in [0.25, 0.3) is 5.91 Å². The summed E-state index contributed by atoms with van der Waals surface area (Å²) in [6, 6.07) is 11.9. The van der Waals surface area contributed by atoms with Gasteiger partial charge in [-0.05, 0) is 48.4 Å². The first-order valence-electron chi connectivity index (χ1n) is 7.49. The molecule has 0 radical (unpaired) electrons. The molecule has 1 aromatic heterocycles. The lowest BCUT2D eigenvalue weighted by Gasteiger charge is -2.12. The predicted molar refractivity (Wildman–Crippen MR) is 94.8 cm³/mol. The molecule has 23 heavy (non-hydrogen) atoms. The summed E-state index contributed by atoms with van der Waals surface area (Å²) < 4.78 is 5.21. The molecule has 1 fully saturated rings. The van der Waals surface area contributed by atoms with Crippen molar-refractivity contribution in [1.82, 2.24) is 5.32 Å². The molecule has 0 bridgehead atoms. The highest BCUT2D eigenvalue weighted by Gasteiger charge is 2.26. The van der Waals surface area contributed by atoms with Crippen LogP contribution in [0.3, 0.4) is 0 Å². The van der Waals surface area contributed by atoms with Gasteiger partial charge in [-0.1, -0.05) is 36.9 Å². The minimum absolute atomic E-state index is 0.0678. The lowest BCUT2D eigenvalue weighted by molar-refractivity contribution is -0.116. The van der Waals surface area contributed by atoms with E-state index < -0.39 is 0 Å². The molecule has 1 aliphatic heterocycles. The summed E-state index contributed by atoms with van der Waals surface area (Å²) >= 11 is 1.47. The lowest BCUT2D eigenvalue weighted by Crippen LogP contribution is -2.30. The molecule has 0 saturated carbocycles. The number of aryl methyl sites for hydroxylation is 1. The van der Waals surface area contributed by atoms with E-state index in [1.807, 2.05) is 36.4 Å². The van der Waals surface area contributed by atoms with Gasteiger partial charge in [0.05, 0.1) is 11.2 Å². The normalized spacial score (nSPS) is 19.4. The number of rotatable bonds is 5. The number of thioether (sulfide) groups is 1. The fourth-order valence-electron chi connectivity index (χ4n) is 2.19. The maximum Gasteiger partial charge on any atom is 0.260 e. The molecule has 4 nitrogen and oxygen atoms in total. The van der Waals surface area contributed by atoms with E-state index in [-0.39, 0.29) is 11.4 Å². The van der Waals surface area contributed by atoms with Crippen LogP contribution in [-0.2, 0) is 11.2 Å². The van der Waals surface area contributed by atoms with E-state index in [2.05, 4.69) is 29.7 Å². The Morgan fingerprint density at radius 3 is 2.83 bits per heavy atom. The number of hydrogen-bond donors (Lipinski definition) is 2. The minimum Gasteiger partial charge on any atom is -0.465 e. The van der Waals surface area contributed by atoms with Crippen LogP contribution in [0.2, 0.25) is 0 Å². The van der Waals surface area contributed by atoms with Crippen LogP contribution in [0.5, 0.6) is 0 Å². The Morgan fingerprint density at radius 1 is 1.30 bits per heavy atom. The second kappa shape index (κ2) is 7.24. The summed E-state index contributed by atoms with van der Waals surface area (Å²) in [5.41, 5.74) is 2.13. The zero-order chi connectivity index (χ0) is 16.1. The highest BCUT2D eigenvalue weighted by atomic mass is 32.2. The molecule has 1 saturated heterocycles. The van der Waals surface area contributed by atoms with E-state index in [0.29, 0.717) is 4.91 Å². The molecule has 0 aliphatic carbocycles. The average Bonchev–Trinajstić information content (AvgIpc) is 3.19. The second-order valence-electron chi connectivity index (χ2n) is 5.07. The van der Waals surface area contributed by atoms with E-state index >= 15 is 0 Å². The number of anilines is 1. The maximum absolute atomic E-state index is 12.0. The smallest absolute Gasteiger partial charge is 0.260 e. The lowest BCUT2D eigenvalue weighted by atomic mass is 10.1. The molecule has 1 aliphatic rings. The Kier molecular flexibility index (Phi) is 4.88. The standard InChI is InChI=1S/C18H18N2O2S/c1-2-13-8-10-14(11-9-13)19-18-20-17(21)16(23-18)7-3-5-15-6-4-12-22-15/h3-12,18-19H,2H2,1H3,(H,20,21)/b5-3+,16-7-/t18-/m0/s1. The highest BCUT2D eigenvalue weighted by Crippen LogP contribution is 2.28. The molecule has 2 N–H and O–H groups in total. The first-order valence-corrected chi connectivity index (χ1v) is 8.37. The molecular weight excluding hydrogens is 308 g/mol. The molecule has 1 aromatic carbocycles. The number of benzene rings is 1. The van der Waals surface area contributed by atoms with Crippen LogP contribution >= 0.6 is 11.8 Å². The summed E-state index contributed by atoms with van der Waals surface area (Å²) in [6.45, 7) is 2.13. The van der Waals surface area contributed by atoms with Crippen molar-refractivity contribution in [1.29, 1.82) is 0 Å². The van der Waals surface area contributed by atoms with Crippen molar-refractivity contribution in [3.8, 4) is 0 Å². The summed E-state index contributed by atoms with van der Waals surface area (Å²) in [5, 5.41) is 6.22. The number of nitrogens with one attached hydrogen (secondary N) is 2. The van der Waals surface area contributed by atoms with E-state index in [0.717, 1.165) is 17.9 Å². The van der Waals surface area contributed by atoms with Crippen molar-refractivity contribution in [2.45, 2.75) is 18.8 Å². The zero-order valence-electron chi connectivity index (χ0n) is 12.8. The van der Waals surface area contributed by atoms with Crippen molar-refractivity contribution in [3.63, 3.8) is 0 Å². The van der Waals surface area contributed by atoms with E-state index in [1.165, 1.54) is 17.3 Å². The van der Waals surface area contributed by atoms with Gasteiger partial charge in [-0.25, -0.2) is 0 Å². The van der Waals surface area contributed by atoms with Gasteiger partial charge in [0, 0.05) is 5.69 Å². The Hall–Kier alpha value is -2.40. The van der Waals surface area contributed by atoms with Crippen LogP contribution in [0.1, 0.15) is 18.2 Å². The fourth-order valence-corrected chi connectivity index (χ4v) is 3.12. The largest absolute Gasteiger partial charge is 0.465 e. The first-order chi connectivity index (χ1) is 11.2. The predicted octanol–water partition coefficient (Wildman–Crippen LogP) is 4.00. The molecule has 1 amide bonds. The van der Waals surface area contributed by atoms with Crippen molar-refractivity contribution in [3.05, 3.63) is 71.0 Å². The van der Waals surface area contributed by atoms with Gasteiger partial charge >= 0.3 is 0 Å². The van der Waals surface area contributed by atoms with Crippen molar-refractivity contribution in [2.24, 2.45) is 0 Å². The number of amides is 1. The van der Waals surface area contributed by atoms with Crippen molar-refractivity contribution < 1.29 is 9.21 Å². The Morgan fingerprint density at radius 2 is 2.13 bits per heavy atom. The third kappa shape index (κ3) is 4.07. The molecule has 3 rings (SSSR count). The van der Waals surface area contributed by atoms with Crippen LogP contribution in [0.4, 0.5) is 5.69 Å².